The van der Waals surface area contributed by atoms with Crippen LogP contribution in [0, 0.1) is 5.82 Å². The second kappa shape index (κ2) is 12.1. The van der Waals surface area contributed by atoms with E-state index in [-0.39, 0.29) is 11.7 Å². The highest BCUT2D eigenvalue weighted by atomic mass is 35.5. The number of fused-ring (bicyclic) bond motifs is 1. The molecule has 3 aromatic carbocycles. The first kappa shape index (κ1) is 26.4. The Labute approximate surface area is 235 Å². The van der Waals surface area contributed by atoms with Crippen molar-refractivity contribution in [2.45, 2.75) is 18.2 Å². The van der Waals surface area contributed by atoms with Crippen LogP contribution in [0.1, 0.15) is 35.6 Å². The lowest BCUT2D eigenvalue weighted by atomic mass is 9.87. The van der Waals surface area contributed by atoms with E-state index in [1.807, 2.05) is 48.5 Å². The fraction of sp³-hybridized carbons (Fsp3) is 0.0645. The number of amides is 1. The summed E-state index contributed by atoms with van der Waals surface area (Å²) >= 11 is 7.73. The molecule has 5 nitrogen and oxygen atoms in total. The Morgan fingerprint density at radius 2 is 1.87 bits per heavy atom. The number of benzene rings is 3. The van der Waals surface area contributed by atoms with Crippen molar-refractivity contribution in [2.24, 2.45) is 0 Å². The number of allylic oxidation sites excluding steroid dienone is 1. The van der Waals surface area contributed by atoms with Crippen LogP contribution in [0.15, 0.2) is 102 Å². The molecule has 1 amide bonds. The lowest BCUT2D eigenvalue weighted by molar-refractivity contribution is -0.114. The van der Waals surface area contributed by atoms with Gasteiger partial charge in [-0.25, -0.2) is 4.39 Å². The third-order valence-electron chi connectivity index (χ3n) is 6.17. The topological polar surface area (TPSA) is 70.7 Å². The van der Waals surface area contributed by atoms with Gasteiger partial charge in [-0.05, 0) is 94.2 Å². The second-order valence-electron chi connectivity index (χ2n) is 8.72. The first-order chi connectivity index (χ1) is 19.0. The second-order valence-corrected chi connectivity index (χ2v) is 10.0. The molecule has 0 atom stereocenters. The minimum absolute atomic E-state index is 0.221. The summed E-state index contributed by atoms with van der Waals surface area (Å²) < 4.78 is 16.6. The number of aromatic amines is 1. The fourth-order valence-corrected chi connectivity index (χ4v) is 5.16. The molecule has 0 spiro atoms. The van der Waals surface area contributed by atoms with Crippen molar-refractivity contribution in [3.8, 4) is 0 Å². The summed E-state index contributed by atoms with van der Waals surface area (Å²) in [5, 5.41) is 8.49. The van der Waals surface area contributed by atoms with Gasteiger partial charge in [0.05, 0.1) is 16.7 Å². The Morgan fingerprint density at radius 3 is 2.62 bits per heavy atom. The number of carbonyl (C=O) groups excluding carboxylic acids is 1. The summed E-state index contributed by atoms with van der Waals surface area (Å²) in [5.41, 5.74) is 6.57. The van der Waals surface area contributed by atoms with Crippen molar-refractivity contribution in [1.29, 1.82) is 0 Å². The van der Waals surface area contributed by atoms with E-state index in [1.54, 1.807) is 30.7 Å². The molecule has 0 saturated carbocycles. The molecule has 0 aliphatic rings. The summed E-state index contributed by atoms with van der Waals surface area (Å²) in [6.07, 6.45) is 9.11. The molecule has 0 aliphatic carbocycles. The van der Waals surface area contributed by atoms with Gasteiger partial charge in [-0.3, -0.25) is 19.6 Å². The van der Waals surface area contributed by atoms with E-state index in [0.29, 0.717) is 11.4 Å². The zero-order valence-corrected chi connectivity index (χ0v) is 22.6. The summed E-state index contributed by atoms with van der Waals surface area (Å²) in [6, 6.07) is 22.3. The first-order valence-electron chi connectivity index (χ1n) is 12.3. The van der Waals surface area contributed by atoms with Gasteiger partial charge in [0.1, 0.15) is 5.82 Å². The van der Waals surface area contributed by atoms with Crippen molar-refractivity contribution in [3.05, 3.63) is 131 Å². The molecule has 0 radical (unpaired) electrons. The lowest BCUT2D eigenvalue weighted by Crippen LogP contribution is -2.11. The van der Waals surface area contributed by atoms with E-state index >= 15 is 0 Å². The van der Waals surface area contributed by atoms with Crippen LogP contribution < -0.4 is 4.72 Å². The SMILES string of the molecule is CC/C(=C(/c1ccc(/C=C/C(=O)NSc2cccnc2)cc1)c1ccc2[nH]ncc2c1)c1ccc(F)cc1Cl. The normalized spacial score (nSPS) is 12.1. The van der Waals surface area contributed by atoms with Crippen LogP contribution in [-0.4, -0.2) is 21.1 Å². The Kier molecular flexibility index (Phi) is 8.20. The molecule has 194 valence electrons. The zero-order chi connectivity index (χ0) is 27.2. The summed E-state index contributed by atoms with van der Waals surface area (Å²) in [4.78, 5) is 17.2. The third kappa shape index (κ3) is 6.28. The molecular formula is C31H24ClFN4OS. The molecular weight excluding hydrogens is 531 g/mol. The number of nitrogens with zero attached hydrogens (tertiary/aromatic N) is 2. The van der Waals surface area contributed by atoms with Crippen molar-refractivity contribution in [2.75, 3.05) is 0 Å². The van der Waals surface area contributed by atoms with Gasteiger partial charge < -0.3 is 0 Å². The standard InChI is InChI=1S/C31H24ClFN4OS/c1-2-26(27-12-11-24(33)17-28(27)32)31(22-10-13-29-23(16-22)18-35-36-29)21-8-5-20(6-9-21)7-14-30(38)37-39-25-4-3-15-34-19-25/h3-19H,2H2,1H3,(H,35,36)(H,37,38)/b14-7+,31-26+. The predicted octanol–water partition coefficient (Wildman–Crippen LogP) is 7.96. The quantitative estimate of drug-likeness (QED) is 0.116. The number of hydrogen-bond acceptors (Lipinski definition) is 4. The van der Waals surface area contributed by atoms with Crippen LogP contribution in [0.2, 0.25) is 5.02 Å². The molecule has 0 aliphatic heterocycles. The highest BCUT2D eigenvalue weighted by Crippen LogP contribution is 2.38. The summed E-state index contributed by atoms with van der Waals surface area (Å²) in [6.45, 7) is 2.06. The van der Waals surface area contributed by atoms with Crippen molar-refractivity contribution >= 4 is 57.6 Å². The number of carbonyl (C=O) groups is 1. The minimum Gasteiger partial charge on any atom is -0.292 e. The van der Waals surface area contributed by atoms with Crippen molar-refractivity contribution in [1.82, 2.24) is 19.9 Å². The van der Waals surface area contributed by atoms with E-state index in [2.05, 4.69) is 32.9 Å². The Balaban J connectivity index is 1.47. The van der Waals surface area contributed by atoms with Crippen LogP contribution in [0.25, 0.3) is 28.1 Å². The molecule has 2 aromatic heterocycles. The maximum Gasteiger partial charge on any atom is 0.254 e. The molecule has 39 heavy (non-hydrogen) atoms. The average Bonchev–Trinajstić information content (AvgIpc) is 3.43. The third-order valence-corrected chi connectivity index (χ3v) is 7.26. The van der Waals surface area contributed by atoms with Crippen LogP contribution in [0.5, 0.6) is 0 Å². The molecule has 0 unspecified atom stereocenters. The van der Waals surface area contributed by atoms with Gasteiger partial charge in [-0.1, -0.05) is 54.9 Å². The molecule has 0 fully saturated rings. The Hall–Kier alpha value is -4.20. The van der Waals surface area contributed by atoms with Crippen LogP contribution in [0.3, 0.4) is 0 Å². The highest BCUT2D eigenvalue weighted by molar-refractivity contribution is 7.98. The molecule has 2 heterocycles. The first-order valence-corrected chi connectivity index (χ1v) is 13.5. The van der Waals surface area contributed by atoms with Crippen LogP contribution in [0.4, 0.5) is 4.39 Å². The van der Waals surface area contributed by atoms with E-state index in [9.17, 15) is 9.18 Å². The van der Waals surface area contributed by atoms with Crippen LogP contribution in [-0.2, 0) is 4.79 Å². The summed E-state index contributed by atoms with van der Waals surface area (Å²) in [5.74, 6) is -0.597. The van der Waals surface area contributed by atoms with Gasteiger partial charge in [0, 0.05) is 28.8 Å². The Bertz CT molecular complexity index is 1680. The van der Waals surface area contributed by atoms with Gasteiger partial charge >= 0.3 is 0 Å². The lowest BCUT2D eigenvalue weighted by Gasteiger charge is -2.18. The molecule has 0 bridgehead atoms. The monoisotopic (exact) mass is 554 g/mol. The largest absolute Gasteiger partial charge is 0.292 e. The number of rotatable bonds is 8. The predicted molar refractivity (Wildman–Crippen MR) is 157 cm³/mol. The van der Waals surface area contributed by atoms with E-state index in [4.69, 9.17) is 11.6 Å². The van der Waals surface area contributed by atoms with Gasteiger partial charge in [0.2, 0.25) is 0 Å². The molecule has 5 rings (SSSR count). The van der Waals surface area contributed by atoms with Gasteiger partial charge in [0.25, 0.3) is 5.91 Å². The van der Waals surface area contributed by atoms with E-state index in [0.717, 1.165) is 49.2 Å². The zero-order valence-electron chi connectivity index (χ0n) is 21.0. The molecule has 0 saturated heterocycles. The van der Waals surface area contributed by atoms with E-state index in [1.165, 1.54) is 30.2 Å². The molecule has 5 aromatic rings. The van der Waals surface area contributed by atoms with Gasteiger partial charge in [-0.15, -0.1) is 0 Å². The van der Waals surface area contributed by atoms with Crippen LogP contribution >= 0.6 is 23.5 Å². The fourth-order valence-electron chi connectivity index (χ4n) is 4.33. The minimum atomic E-state index is -0.375. The van der Waals surface area contributed by atoms with Crippen molar-refractivity contribution < 1.29 is 9.18 Å². The van der Waals surface area contributed by atoms with E-state index < -0.39 is 0 Å². The maximum atomic E-state index is 13.9. The maximum absolute atomic E-state index is 13.9. The Morgan fingerprint density at radius 1 is 1.05 bits per heavy atom. The highest BCUT2D eigenvalue weighted by Gasteiger charge is 2.16. The number of hydrogen-bond donors (Lipinski definition) is 2. The summed E-state index contributed by atoms with van der Waals surface area (Å²) in [7, 11) is 0. The number of aromatic nitrogens is 3. The van der Waals surface area contributed by atoms with Gasteiger partial charge in [-0.2, -0.15) is 5.10 Å². The smallest absolute Gasteiger partial charge is 0.254 e. The van der Waals surface area contributed by atoms with Crippen molar-refractivity contribution in [3.63, 3.8) is 0 Å². The number of nitrogens with one attached hydrogen (secondary N) is 2. The average molecular weight is 555 g/mol. The molecule has 2 N–H and O–H groups in total. The number of halogens is 2. The molecule has 8 heteroatoms. The van der Waals surface area contributed by atoms with Gasteiger partial charge in [0.15, 0.2) is 0 Å². The number of pyridine rings is 1. The number of H-pyrrole nitrogens is 1.